The zero-order chi connectivity index (χ0) is 26.4. The summed E-state index contributed by atoms with van der Waals surface area (Å²) in [4.78, 5) is 25.3. The number of likely N-dealkylation sites (tertiary alicyclic amines) is 1. The van der Waals surface area contributed by atoms with E-state index in [-0.39, 0.29) is 17.9 Å². The summed E-state index contributed by atoms with van der Waals surface area (Å²) in [5, 5.41) is 10.4. The van der Waals surface area contributed by atoms with Crippen LogP contribution >= 0.6 is 0 Å². The van der Waals surface area contributed by atoms with Gasteiger partial charge in [-0.05, 0) is 85.3 Å². The zero-order valence-corrected chi connectivity index (χ0v) is 21.6. The van der Waals surface area contributed by atoms with Crippen LogP contribution in [0.4, 0.5) is 9.18 Å². The molecule has 4 aromatic rings. The van der Waals surface area contributed by atoms with Crippen molar-refractivity contribution in [1.82, 2.24) is 19.8 Å². The molecular weight excluding hydrogens is 483 g/mol. The molecule has 1 aromatic heterocycles. The second-order valence-electron chi connectivity index (χ2n) is 10.3. The number of fused-ring (bicyclic) bond motifs is 2. The summed E-state index contributed by atoms with van der Waals surface area (Å²) < 4.78 is 19.7. The third kappa shape index (κ3) is 4.60. The molecule has 38 heavy (non-hydrogen) atoms. The molecule has 0 saturated carbocycles. The largest absolute Gasteiger partial charge is 0.491 e. The van der Waals surface area contributed by atoms with Gasteiger partial charge in [0.05, 0.1) is 36.3 Å². The summed E-state index contributed by atoms with van der Waals surface area (Å²) in [7, 11) is 0. The molecule has 2 N–H and O–H groups in total. The molecular formula is C30H31FN4O3. The third-order valence-corrected chi connectivity index (χ3v) is 7.60. The Morgan fingerprint density at radius 1 is 1.08 bits per heavy atom. The fourth-order valence-electron chi connectivity index (χ4n) is 5.72. The number of ether oxygens (including phenoxy) is 1. The Hall–Kier alpha value is -3.91. The molecule has 1 saturated heterocycles. The second kappa shape index (κ2) is 9.76. The fraction of sp³-hybridized carbons (Fsp3) is 0.333. The molecule has 8 heteroatoms. The third-order valence-electron chi connectivity index (χ3n) is 7.60. The number of aromatic nitrogens is 2. The van der Waals surface area contributed by atoms with Crippen molar-refractivity contribution in [3.8, 4) is 16.9 Å². The van der Waals surface area contributed by atoms with Crippen LogP contribution in [0, 0.1) is 19.7 Å². The number of urea groups is 1. The quantitative estimate of drug-likeness (QED) is 0.370. The summed E-state index contributed by atoms with van der Waals surface area (Å²) in [5.74, 6) is 1.38. The number of H-pyrrole nitrogens is 1. The van der Waals surface area contributed by atoms with Crippen molar-refractivity contribution < 1.29 is 19.0 Å². The molecule has 2 atom stereocenters. The predicted octanol–water partition coefficient (Wildman–Crippen LogP) is 5.50. The van der Waals surface area contributed by atoms with E-state index < -0.39 is 6.10 Å². The number of piperidine rings is 1. The summed E-state index contributed by atoms with van der Waals surface area (Å²) in [6, 6.07) is 16.2. The minimum atomic E-state index is -0.497. The molecule has 6 rings (SSSR count). The van der Waals surface area contributed by atoms with E-state index in [9.17, 15) is 14.3 Å². The van der Waals surface area contributed by atoms with Crippen LogP contribution in [-0.2, 0) is 6.54 Å². The minimum absolute atomic E-state index is 0.0971. The average molecular weight is 515 g/mol. The first-order chi connectivity index (χ1) is 18.4. The number of rotatable bonds is 2. The number of aliphatic hydroxyl groups is 1. The van der Waals surface area contributed by atoms with E-state index in [2.05, 4.69) is 34.2 Å². The maximum Gasteiger partial charge on any atom is 0.320 e. The van der Waals surface area contributed by atoms with Crippen molar-refractivity contribution in [1.29, 1.82) is 0 Å². The number of carbonyl (C=O) groups excluding carboxylic acids is 1. The van der Waals surface area contributed by atoms with E-state index in [0.29, 0.717) is 39.1 Å². The van der Waals surface area contributed by atoms with E-state index in [4.69, 9.17) is 4.74 Å². The number of hydrogen-bond donors (Lipinski definition) is 2. The highest BCUT2D eigenvalue weighted by Gasteiger charge is 2.35. The normalized spacial score (nSPS) is 19.7. The topological polar surface area (TPSA) is 81.7 Å². The zero-order valence-electron chi connectivity index (χ0n) is 21.6. The van der Waals surface area contributed by atoms with Crippen molar-refractivity contribution >= 4 is 17.1 Å². The molecule has 3 heterocycles. The van der Waals surface area contributed by atoms with Gasteiger partial charge in [0, 0.05) is 12.1 Å². The van der Waals surface area contributed by atoms with Gasteiger partial charge in [0.1, 0.15) is 24.0 Å². The summed E-state index contributed by atoms with van der Waals surface area (Å²) >= 11 is 0. The van der Waals surface area contributed by atoms with Crippen LogP contribution in [0.2, 0.25) is 0 Å². The maximum absolute atomic E-state index is 13.9. The Morgan fingerprint density at radius 3 is 2.71 bits per heavy atom. The van der Waals surface area contributed by atoms with Crippen LogP contribution in [0.5, 0.6) is 5.75 Å². The Balaban J connectivity index is 1.30. The molecule has 3 aromatic carbocycles. The van der Waals surface area contributed by atoms with Gasteiger partial charge in [-0.2, -0.15) is 0 Å². The van der Waals surface area contributed by atoms with E-state index >= 15 is 0 Å². The Bertz CT molecular complexity index is 1500. The first kappa shape index (κ1) is 24.4. The van der Waals surface area contributed by atoms with Gasteiger partial charge < -0.3 is 24.6 Å². The van der Waals surface area contributed by atoms with Gasteiger partial charge in [0.2, 0.25) is 0 Å². The Kier molecular flexibility index (Phi) is 6.27. The smallest absolute Gasteiger partial charge is 0.320 e. The van der Waals surface area contributed by atoms with E-state index in [1.54, 1.807) is 12.1 Å². The predicted molar refractivity (Wildman–Crippen MR) is 143 cm³/mol. The van der Waals surface area contributed by atoms with Crippen LogP contribution in [0.25, 0.3) is 22.2 Å². The highest BCUT2D eigenvalue weighted by molar-refractivity contribution is 5.83. The number of nitrogens with one attached hydrogen (secondary N) is 1. The van der Waals surface area contributed by atoms with Crippen molar-refractivity contribution in [2.45, 2.75) is 45.4 Å². The lowest BCUT2D eigenvalue weighted by Gasteiger charge is -2.40. The van der Waals surface area contributed by atoms with Crippen LogP contribution in [0.15, 0.2) is 54.6 Å². The molecule has 0 radical (unpaired) electrons. The van der Waals surface area contributed by atoms with E-state index in [1.807, 2.05) is 29.7 Å². The number of aliphatic hydroxyl groups excluding tert-OH is 1. The standard InChI is InChI=1S/C30H31FN4O3/c1-18-13-22(21-5-8-26-27(15-21)33-19(2)32-26)14-23-17-34(11-12-38-29(18)23)30(37)35-10-9-25(36)16-28(35)20-3-6-24(31)7-4-20/h3-8,13-15,25,28,36H,9-12,16-17H2,1-2H3,(H,32,33)/t25-,28+/m0/s1. The number of hydrogen-bond acceptors (Lipinski definition) is 4. The van der Waals surface area contributed by atoms with Crippen LogP contribution in [-0.4, -0.2) is 56.7 Å². The number of imidazole rings is 1. The number of nitrogens with zero attached hydrogens (tertiary/aromatic N) is 3. The molecule has 2 aliphatic rings. The lowest BCUT2D eigenvalue weighted by molar-refractivity contribution is 0.0456. The van der Waals surface area contributed by atoms with Crippen LogP contribution in [0.1, 0.15) is 41.4 Å². The van der Waals surface area contributed by atoms with Gasteiger partial charge in [0.15, 0.2) is 0 Å². The summed E-state index contributed by atoms with van der Waals surface area (Å²) in [6.07, 6.45) is 0.448. The van der Waals surface area contributed by atoms with Gasteiger partial charge in [-0.25, -0.2) is 14.2 Å². The van der Waals surface area contributed by atoms with Crippen molar-refractivity contribution in [2.75, 3.05) is 19.7 Å². The molecule has 0 bridgehead atoms. The molecule has 7 nitrogen and oxygen atoms in total. The molecule has 0 aliphatic carbocycles. The number of halogens is 1. The molecule has 2 amide bonds. The van der Waals surface area contributed by atoms with Crippen LogP contribution < -0.4 is 4.74 Å². The van der Waals surface area contributed by atoms with Gasteiger partial charge in [-0.3, -0.25) is 0 Å². The highest BCUT2D eigenvalue weighted by atomic mass is 19.1. The number of benzene rings is 3. The minimum Gasteiger partial charge on any atom is -0.491 e. The van der Waals surface area contributed by atoms with Gasteiger partial charge >= 0.3 is 6.03 Å². The van der Waals surface area contributed by atoms with Gasteiger partial charge in [0.25, 0.3) is 0 Å². The Morgan fingerprint density at radius 2 is 1.89 bits per heavy atom. The van der Waals surface area contributed by atoms with Crippen LogP contribution in [0.3, 0.4) is 0 Å². The molecule has 1 fully saturated rings. The summed E-state index contributed by atoms with van der Waals surface area (Å²) in [6.45, 7) is 5.69. The molecule has 196 valence electrons. The van der Waals surface area contributed by atoms with Crippen molar-refractivity contribution in [3.05, 3.63) is 82.9 Å². The van der Waals surface area contributed by atoms with E-state index in [0.717, 1.165) is 50.4 Å². The van der Waals surface area contributed by atoms with Crippen molar-refractivity contribution in [3.63, 3.8) is 0 Å². The monoisotopic (exact) mass is 514 g/mol. The first-order valence-electron chi connectivity index (χ1n) is 13.1. The van der Waals surface area contributed by atoms with Gasteiger partial charge in [-0.15, -0.1) is 0 Å². The lowest BCUT2D eigenvalue weighted by atomic mass is 9.93. The molecule has 0 unspecified atom stereocenters. The molecule has 0 spiro atoms. The number of aromatic amines is 1. The summed E-state index contributed by atoms with van der Waals surface area (Å²) in [5.41, 5.74) is 6.85. The fourth-order valence-corrected chi connectivity index (χ4v) is 5.72. The number of carbonyl (C=O) groups is 1. The maximum atomic E-state index is 13.9. The SMILES string of the molecule is Cc1nc2ccc(-c3cc(C)c4c(c3)CN(C(=O)N3CC[C@H](O)C[C@@H]3c3ccc(F)cc3)CCO4)cc2[nH]1. The first-order valence-corrected chi connectivity index (χ1v) is 13.1. The highest BCUT2D eigenvalue weighted by Crippen LogP contribution is 2.36. The lowest BCUT2D eigenvalue weighted by Crippen LogP contribution is -2.49. The Labute approximate surface area is 220 Å². The second-order valence-corrected chi connectivity index (χ2v) is 10.3. The van der Waals surface area contributed by atoms with Gasteiger partial charge in [-0.1, -0.05) is 18.2 Å². The number of aryl methyl sites for hydroxylation is 2. The average Bonchev–Trinajstić information content (AvgIpc) is 3.14. The molecule has 2 aliphatic heterocycles. The van der Waals surface area contributed by atoms with E-state index in [1.165, 1.54) is 12.1 Å². The van der Waals surface area contributed by atoms with Crippen molar-refractivity contribution in [2.24, 2.45) is 0 Å². The number of amides is 2.